The van der Waals surface area contributed by atoms with Gasteiger partial charge in [0, 0.05) is 5.02 Å². The second-order valence-electron chi connectivity index (χ2n) is 7.05. The maximum absolute atomic E-state index is 12.6. The number of hydrogen-bond donors (Lipinski definition) is 1. The molecule has 0 unspecified atom stereocenters. The molecule has 0 aliphatic carbocycles. The molecule has 0 aliphatic heterocycles. The van der Waals surface area contributed by atoms with Crippen molar-refractivity contribution in [3.63, 3.8) is 0 Å². The number of rotatable bonds is 7. The zero-order valence-electron chi connectivity index (χ0n) is 16.8. The Balaban J connectivity index is 2.11. The molecule has 2 atom stereocenters. The smallest absolute Gasteiger partial charge is 0.261 e. The van der Waals surface area contributed by atoms with Crippen LogP contribution in [0.25, 0.3) is 0 Å². The summed E-state index contributed by atoms with van der Waals surface area (Å²) in [6, 6.07) is 11.0. The number of halogens is 1. The molecule has 0 radical (unpaired) electrons. The number of benzene rings is 2. The monoisotopic (exact) mass is 389 g/mol. The van der Waals surface area contributed by atoms with Crippen LogP contribution in [0.4, 0.5) is 0 Å². The van der Waals surface area contributed by atoms with Gasteiger partial charge in [-0.3, -0.25) is 4.79 Å². The molecule has 0 aromatic heterocycles. The third-order valence-electron chi connectivity index (χ3n) is 4.56. The number of amides is 1. The predicted molar refractivity (Wildman–Crippen MR) is 110 cm³/mol. The Morgan fingerprint density at radius 3 is 2.22 bits per heavy atom. The lowest BCUT2D eigenvalue weighted by Gasteiger charge is -2.22. The molecule has 0 heterocycles. The molecule has 0 spiro atoms. The second kappa shape index (κ2) is 9.14. The summed E-state index contributed by atoms with van der Waals surface area (Å²) in [4.78, 5) is 12.6. The van der Waals surface area contributed by atoms with Crippen molar-refractivity contribution in [3.05, 3.63) is 58.1 Å². The van der Waals surface area contributed by atoms with Crippen molar-refractivity contribution in [2.75, 3.05) is 7.11 Å². The fourth-order valence-corrected chi connectivity index (χ4v) is 3.12. The molecule has 1 amide bonds. The van der Waals surface area contributed by atoms with E-state index in [1.54, 1.807) is 38.3 Å². The van der Waals surface area contributed by atoms with Crippen LogP contribution in [0.5, 0.6) is 11.5 Å². The average molecular weight is 390 g/mol. The largest absolute Gasteiger partial charge is 0.496 e. The van der Waals surface area contributed by atoms with Gasteiger partial charge in [-0.1, -0.05) is 25.4 Å². The van der Waals surface area contributed by atoms with Crippen LogP contribution in [0, 0.1) is 6.92 Å². The number of aryl methyl sites for hydroxylation is 1. The lowest BCUT2D eigenvalue weighted by molar-refractivity contribution is -0.127. The summed E-state index contributed by atoms with van der Waals surface area (Å²) in [6.07, 6.45) is -0.614. The molecule has 4 nitrogen and oxygen atoms in total. The first-order chi connectivity index (χ1) is 12.7. The minimum Gasteiger partial charge on any atom is -0.496 e. The standard InChI is InChI=1S/C22H28ClNO3/c1-13(2)19-12-20(14(3)11-21(19)26-6)15(4)24-22(25)16(5)27-18-9-7-17(23)8-10-18/h7-13,15-16H,1-6H3,(H,24,25)/t15-,16-/m0/s1. The SMILES string of the molecule is COc1cc(C)c([C@H](C)NC(=O)[C@H](C)Oc2ccc(Cl)cc2)cc1C(C)C. The van der Waals surface area contributed by atoms with Gasteiger partial charge in [0.05, 0.1) is 13.2 Å². The van der Waals surface area contributed by atoms with Crippen molar-refractivity contribution in [1.29, 1.82) is 0 Å². The van der Waals surface area contributed by atoms with Gasteiger partial charge in [0.25, 0.3) is 5.91 Å². The number of carbonyl (C=O) groups is 1. The van der Waals surface area contributed by atoms with Gasteiger partial charge >= 0.3 is 0 Å². The van der Waals surface area contributed by atoms with Crippen molar-refractivity contribution in [3.8, 4) is 11.5 Å². The number of nitrogens with one attached hydrogen (secondary N) is 1. The maximum atomic E-state index is 12.6. The van der Waals surface area contributed by atoms with Gasteiger partial charge < -0.3 is 14.8 Å². The fraction of sp³-hybridized carbons (Fsp3) is 0.409. The Hall–Kier alpha value is -2.20. The highest BCUT2D eigenvalue weighted by molar-refractivity contribution is 6.30. The molecular formula is C22H28ClNO3. The van der Waals surface area contributed by atoms with E-state index in [4.69, 9.17) is 21.1 Å². The van der Waals surface area contributed by atoms with Crippen LogP contribution in [0.15, 0.2) is 36.4 Å². The molecule has 0 saturated carbocycles. The lowest BCUT2D eigenvalue weighted by atomic mass is 9.93. The third kappa shape index (κ3) is 5.39. The molecule has 2 aromatic carbocycles. The summed E-state index contributed by atoms with van der Waals surface area (Å²) >= 11 is 5.87. The summed E-state index contributed by atoms with van der Waals surface area (Å²) in [7, 11) is 1.68. The van der Waals surface area contributed by atoms with Crippen LogP contribution >= 0.6 is 11.6 Å². The summed E-state index contributed by atoms with van der Waals surface area (Å²) in [6.45, 7) is 9.99. The topological polar surface area (TPSA) is 47.6 Å². The zero-order valence-corrected chi connectivity index (χ0v) is 17.6. The molecule has 27 heavy (non-hydrogen) atoms. The van der Waals surface area contributed by atoms with Crippen LogP contribution in [0.1, 0.15) is 56.3 Å². The van der Waals surface area contributed by atoms with E-state index in [1.807, 2.05) is 19.9 Å². The van der Waals surface area contributed by atoms with Gasteiger partial charge in [-0.05, 0) is 79.8 Å². The lowest BCUT2D eigenvalue weighted by Crippen LogP contribution is -2.38. The highest BCUT2D eigenvalue weighted by Crippen LogP contribution is 2.32. The van der Waals surface area contributed by atoms with Crippen LogP contribution < -0.4 is 14.8 Å². The van der Waals surface area contributed by atoms with Crippen molar-refractivity contribution >= 4 is 17.5 Å². The average Bonchev–Trinajstić information content (AvgIpc) is 2.62. The quantitative estimate of drug-likeness (QED) is 0.687. The number of carbonyl (C=O) groups excluding carboxylic acids is 1. The molecule has 0 bridgehead atoms. The van der Waals surface area contributed by atoms with Crippen molar-refractivity contribution in [2.45, 2.75) is 52.7 Å². The molecule has 2 rings (SSSR count). The Morgan fingerprint density at radius 2 is 1.67 bits per heavy atom. The van der Waals surface area contributed by atoms with E-state index in [9.17, 15) is 4.79 Å². The second-order valence-corrected chi connectivity index (χ2v) is 7.49. The Morgan fingerprint density at radius 1 is 1.04 bits per heavy atom. The van der Waals surface area contributed by atoms with E-state index in [1.165, 1.54) is 0 Å². The first kappa shape index (κ1) is 21.1. The van der Waals surface area contributed by atoms with Gasteiger partial charge in [-0.15, -0.1) is 0 Å². The number of methoxy groups -OCH3 is 1. The zero-order chi connectivity index (χ0) is 20.1. The summed E-state index contributed by atoms with van der Waals surface area (Å²) in [5, 5.41) is 3.67. The van der Waals surface area contributed by atoms with E-state index in [0.29, 0.717) is 16.7 Å². The van der Waals surface area contributed by atoms with Crippen LogP contribution in [-0.2, 0) is 4.79 Å². The van der Waals surface area contributed by atoms with Gasteiger partial charge in [0.15, 0.2) is 6.10 Å². The molecule has 0 fully saturated rings. The Labute approximate surface area is 166 Å². The minimum atomic E-state index is -0.614. The van der Waals surface area contributed by atoms with E-state index in [2.05, 4.69) is 25.2 Å². The van der Waals surface area contributed by atoms with Crippen molar-refractivity contribution in [1.82, 2.24) is 5.32 Å². The maximum Gasteiger partial charge on any atom is 0.261 e. The van der Waals surface area contributed by atoms with Gasteiger partial charge in [0.2, 0.25) is 0 Å². The highest BCUT2D eigenvalue weighted by Gasteiger charge is 2.20. The van der Waals surface area contributed by atoms with Crippen molar-refractivity contribution < 1.29 is 14.3 Å². The molecule has 0 aliphatic rings. The fourth-order valence-electron chi connectivity index (χ4n) is 2.99. The predicted octanol–water partition coefficient (Wildman–Crippen LogP) is 5.43. The van der Waals surface area contributed by atoms with Crippen LogP contribution in [-0.4, -0.2) is 19.1 Å². The summed E-state index contributed by atoms with van der Waals surface area (Å²) in [5.74, 6) is 1.65. The first-order valence-corrected chi connectivity index (χ1v) is 9.51. The molecule has 1 N–H and O–H groups in total. The minimum absolute atomic E-state index is 0.142. The van der Waals surface area contributed by atoms with E-state index in [0.717, 1.165) is 22.4 Å². The number of hydrogen-bond acceptors (Lipinski definition) is 3. The Kier molecular flexibility index (Phi) is 7.14. The molecular weight excluding hydrogens is 362 g/mol. The summed E-state index contributed by atoms with van der Waals surface area (Å²) < 4.78 is 11.2. The van der Waals surface area contributed by atoms with E-state index in [-0.39, 0.29) is 11.9 Å². The van der Waals surface area contributed by atoms with Crippen LogP contribution in [0.2, 0.25) is 5.02 Å². The van der Waals surface area contributed by atoms with Gasteiger partial charge in [-0.25, -0.2) is 0 Å². The van der Waals surface area contributed by atoms with Gasteiger partial charge in [0.1, 0.15) is 11.5 Å². The molecule has 0 saturated heterocycles. The van der Waals surface area contributed by atoms with Crippen LogP contribution in [0.3, 0.4) is 0 Å². The van der Waals surface area contributed by atoms with E-state index >= 15 is 0 Å². The molecule has 5 heteroatoms. The first-order valence-electron chi connectivity index (χ1n) is 9.14. The van der Waals surface area contributed by atoms with Crippen molar-refractivity contribution in [2.24, 2.45) is 0 Å². The molecule has 146 valence electrons. The Bertz CT molecular complexity index is 787. The van der Waals surface area contributed by atoms with E-state index < -0.39 is 6.10 Å². The summed E-state index contributed by atoms with van der Waals surface area (Å²) in [5.41, 5.74) is 3.28. The molecule has 2 aromatic rings. The highest BCUT2D eigenvalue weighted by atomic mass is 35.5. The third-order valence-corrected chi connectivity index (χ3v) is 4.81. The normalized spacial score (nSPS) is 13.2. The number of ether oxygens (including phenoxy) is 2. The van der Waals surface area contributed by atoms with Gasteiger partial charge in [-0.2, -0.15) is 0 Å².